The van der Waals surface area contributed by atoms with E-state index in [0.29, 0.717) is 18.4 Å². The zero-order valence-corrected chi connectivity index (χ0v) is 13.1. The Balaban J connectivity index is 1.83. The lowest BCUT2D eigenvalue weighted by Gasteiger charge is -2.22. The largest absolute Gasteiger partial charge is 0.492 e. The number of rotatable bonds is 5. The van der Waals surface area contributed by atoms with E-state index in [1.165, 1.54) is 5.56 Å². The van der Waals surface area contributed by atoms with Crippen LogP contribution in [0.15, 0.2) is 66.9 Å². The quantitative estimate of drug-likeness (QED) is 0.656. The number of ether oxygens (including phenoxy) is 1. The number of fused-ring (bicyclic) bond motifs is 1. The molecule has 0 bridgehead atoms. The predicted octanol–water partition coefficient (Wildman–Crippen LogP) is 5.05. The van der Waals surface area contributed by atoms with Gasteiger partial charge in [-0.1, -0.05) is 56.3 Å². The van der Waals surface area contributed by atoms with Crippen molar-refractivity contribution in [1.82, 2.24) is 4.98 Å². The lowest BCUT2D eigenvalue weighted by molar-refractivity contribution is 0.261. The van der Waals surface area contributed by atoms with Crippen LogP contribution in [0.5, 0.6) is 5.75 Å². The van der Waals surface area contributed by atoms with Gasteiger partial charge in [-0.3, -0.25) is 4.98 Å². The number of hydrogen-bond acceptors (Lipinski definition) is 2. The van der Waals surface area contributed by atoms with Crippen LogP contribution >= 0.6 is 0 Å². The fourth-order valence-corrected chi connectivity index (χ4v) is 2.75. The number of pyridine rings is 1. The lowest BCUT2D eigenvalue weighted by Crippen LogP contribution is -2.16. The molecule has 2 nitrogen and oxygen atoms in total. The number of nitrogens with zero attached hydrogens (tertiary/aromatic N) is 1. The van der Waals surface area contributed by atoms with Gasteiger partial charge in [0, 0.05) is 17.5 Å². The molecule has 3 rings (SSSR count). The van der Waals surface area contributed by atoms with Gasteiger partial charge in [-0.15, -0.1) is 0 Å². The summed E-state index contributed by atoms with van der Waals surface area (Å²) in [5.74, 6) is 1.82. The Morgan fingerprint density at radius 3 is 2.41 bits per heavy atom. The van der Waals surface area contributed by atoms with Gasteiger partial charge >= 0.3 is 0 Å². The van der Waals surface area contributed by atoms with Gasteiger partial charge in [-0.2, -0.15) is 0 Å². The minimum Gasteiger partial charge on any atom is -0.492 e. The second kappa shape index (κ2) is 6.61. The van der Waals surface area contributed by atoms with E-state index in [1.54, 1.807) is 0 Å². The highest BCUT2D eigenvalue weighted by atomic mass is 16.5. The van der Waals surface area contributed by atoms with Gasteiger partial charge < -0.3 is 4.74 Å². The summed E-state index contributed by atoms with van der Waals surface area (Å²) >= 11 is 0. The Hall–Kier alpha value is -2.35. The monoisotopic (exact) mass is 291 g/mol. The molecule has 1 heterocycles. The molecule has 1 unspecified atom stereocenters. The van der Waals surface area contributed by atoms with Crippen molar-refractivity contribution < 1.29 is 4.74 Å². The maximum Gasteiger partial charge on any atom is 0.130 e. The summed E-state index contributed by atoms with van der Waals surface area (Å²) in [4.78, 5) is 4.38. The molecule has 0 aliphatic heterocycles. The Labute approximate surface area is 131 Å². The van der Waals surface area contributed by atoms with Crippen LogP contribution in [0.2, 0.25) is 0 Å². The van der Waals surface area contributed by atoms with Crippen molar-refractivity contribution in [3.63, 3.8) is 0 Å². The fourth-order valence-electron chi connectivity index (χ4n) is 2.75. The minimum absolute atomic E-state index is 0.383. The summed E-state index contributed by atoms with van der Waals surface area (Å²) in [6.45, 7) is 5.16. The van der Waals surface area contributed by atoms with E-state index >= 15 is 0 Å². The summed E-state index contributed by atoms with van der Waals surface area (Å²) in [5.41, 5.74) is 2.30. The topological polar surface area (TPSA) is 22.1 Å². The molecule has 0 amide bonds. The summed E-state index contributed by atoms with van der Waals surface area (Å²) in [6.07, 6.45) is 1.81. The van der Waals surface area contributed by atoms with E-state index < -0.39 is 0 Å². The van der Waals surface area contributed by atoms with E-state index in [1.807, 2.05) is 30.5 Å². The molecule has 0 saturated carbocycles. The molecule has 0 spiro atoms. The van der Waals surface area contributed by atoms with Crippen LogP contribution in [0.4, 0.5) is 0 Å². The second-order valence-electron chi connectivity index (χ2n) is 5.90. The normalized spacial score (nSPS) is 12.5. The van der Waals surface area contributed by atoms with E-state index in [-0.39, 0.29) is 0 Å². The first-order valence-corrected chi connectivity index (χ1v) is 7.77. The molecule has 22 heavy (non-hydrogen) atoms. The Morgan fingerprint density at radius 2 is 1.64 bits per heavy atom. The highest BCUT2D eigenvalue weighted by Crippen LogP contribution is 2.28. The van der Waals surface area contributed by atoms with Crippen LogP contribution < -0.4 is 4.74 Å². The van der Waals surface area contributed by atoms with E-state index in [0.717, 1.165) is 16.7 Å². The molecule has 2 aromatic carbocycles. The SMILES string of the molecule is CC(C)C(COc1ccnc2ccccc12)c1ccccc1. The maximum atomic E-state index is 6.16. The van der Waals surface area contributed by atoms with Gasteiger partial charge in [0.1, 0.15) is 5.75 Å². The molecule has 0 saturated heterocycles. The minimum atomic E-state index is 0.383. The molecule has 0 aliphatic carbocycles. The molecular weight excluding hydrogens is 270 g/mol. The first-order valence-electron chi connectivity index (χ1n) is 7.77. The van der Waals surface area contributed by atoms with Crippen molar-refractivity contribution in [3.05, 3.63) is 72.4 Å². The van der Waals surface area contributed by atoms with Gasteiger partial charge in [0.2, 0.25) is 0 Å². The van der Waals surface area contributed by atoms with Gasteiger partial charge in [0.05, 0.1) is 12.1 Å². The number of aromatic nitrogens is 1. The van der Waals surface area contributed by atoms with E-state index in [2.05, 4.69) is 55.2 Å². The van der Waals surface area contributed by atoms with Crippen LogP contribution in [0, 0.1) is 5.92 Å². The average Bonchev–Trinajstić information content (AvgIpc) is 2.56. The molecule has 1 atom stereocenters. The Morgan fingerprint density at radius 1 is 0.909 bits per heavy atom. The third kappa shape index (κ3) is 3.11. The molecule has 112 valence electrons. The standard InChI is InChI=1S/C20H21NO/c1-15(2)18(16-8-4-3-5-9-16)14-22-20-12-13-21-19-11-7-6-10-17(19)20/h3-13,15,18H,14H2,1-2H3. The van der Waals surface area contributed by atoms with Crippen molar-refractivity contribution in [3.8, 4) is 5.75 Å². The van der Waals surface area contributed by atoms with E-state index in [9.17, 15) is 0 Å². The molecule has 0 aliphatic rings. The van der Waals surface area contributed by atoms with Crippen LogP contribution in [-0.4, -0.2) is 11.6 Å². The van der Waals surface area contributed by atoms with Crippen LogP contribution in [0.3, 0.4) is 0 Å². The lowest BCUT2D eigenvalue weighted by atomic mass is 9.89. The van der Waals surface area contributed by atoms with Gasteiger partial charge in [-0.25, -0.2) is 0 Å². The molecular formula is C20H21NO. The smallest absolute Gasteiger partial charge is 0.130 e. The highest BCUT2D eigenvalue weighted by Gasteiger charge is 2.17. The number of hydrogen-bond donors (Lipinski definition) is 0. The summed E-state index contributed by atoms with van der Waals surface area (Å²) in [7, 11) is 0. The van der Waals surface area contributed by atoms with Gasteiger partial charge in [0.25, 0.3) is 0 Å². The highest BCUT2D eigenvalue weighted by molar-refractivity contribution is 5.84. The van der Waals surface area contributed by atoms with Crippen molar-refractivity contribution in [2.24, 2.45) is 5.92 Å². The molecule has 2 heteroatoms. The second-order valence-corrected chi connectivity index (χ2v) is 5.90. The van der Waals surface area contributed by atoms with Gasteiger partial charge in [0.15, 0.2) is 0 Å². The zero-order valence-electron chi connectivity index (χ0n) is 13.1. The molecule has 0 N–H and O–H groups in total. The molecule has 1 aromatic heterocycles. The fraction of sp³-hybridized carbons (Fsp3) is 0.250. The molecule has 3 aromatic rings. The number of para-hydroxylation sites is 1. The first kappa shape index (κ1) is 14.6. The summed E-state index contributed by atoms with van der Waals surface area (Å²) < 4.78 is 6.16. The first-order chi connectivity index (χ1) is 10.8. The average molecular weight is 291 g/mol. The Kier molecular flexibility index (Phi) is 4.38. The van der Waals surface area contributed by atoms with Gasteiger partial charge in [-0.05, 0) is 29.7 Å². The van der Waals surface area contributed by atoms with Crippen molar-refractivity contribution in [2.75, 3.05) is 6.61 Å². The summed E-state index contributed by atoms with van der Waals surface area (Å²) in [5, 5.41) is 1.07. The van der Waals surface area contributed by atoms with Crippen LogP contribution in [-0.2, 0) is 0 Å². The zero-order chi connectivity index (χ0) is 15.4. The maximum absolute atomic E-state index is 6.16. The number of benzene rings is 2. The summed E-state index contributed by atoms with van der Waals surface area (Å²) in [6, 6.07) is 20.6. The third-order valence-corrected chi connectivity index (χ3v) is 4.06. The Bertz CT molecular complexity index is 732. The van der Waals surface area contributed by atoms with Crippen molar-refractivity contribution in [2.45, 2.75) is 19.8 Å². The van der Waals surface area contributed by atoms with Crippen molar-refractivity contribution in [1.29, 1.82) is 0 Å². The van der Waals surface area contributed by atoms with Crippen LogP contribution in [0.25, 0.3) is 10.9 Å². The van der Waals surface area contributed by atoms with E-state index in [4.69, 9.17) is 4.74 Å². The third-order valence-electron chi connectivity index (χ3n) is 4.06. The molecule has 0 radical (unpaired) electrons. The predicted molar refractivity (Wildman–Crippen MR) is 91.3 cm³/mol. The van der Waals surface area contributed by atoms with Crippen LogP contribution in [0.1, 0.15) is 25.3 Å². The van der Waals surface area contributed by atoms with Crippen molar-refractivity contribution >= 4 is 10.9 Å². The molecule has 0 fully saturated rings.